The number of aliphatic hydroxyl groups is 1. The summed E-state index contributed by atoms with van der Waals surface area (Å²) in [5, 5.41) is 9.05. The summed E-state index contributed by atoms with van der Waals surface area (Å²) >= 11 is 0. The Bertz CT molecular complexity index is 121. The largest absolute Gasteiger partial charge is 0.396 e. The van der Waals surface area contributed by atoms with Gasteiger partial charge in [-0.2, -0.15) is 0 Å². The highest BCUT2D eigenvalue weighted by Gasteiger charge is 2.30. The maximum absolute atomic E-state index is 9.05. The van der Waals surface area contributed by atoms with Crippen molar-refractivity contribution in [1.82, 2.24) is 0 Å². The molecule has 0 amide bonds. The Morgan fingerprint density at radius 2 is 1.64 bits per heavy atom. The lowest BCUT2D eigenvalue weighted by Crippen LogP contribution is -2.28. The van der Waals surface area contributed by atoms with Crippen molar-refractivity contribution >= 4 is 0 Å². The van der Waals surface area contributed by atoms with Crippen LogP contribution in [0.3, 0.4) is 0 Å². The summed E-state index contributed by atoms with van der Waals surface area (Å²) in [7, 11) is 0. The van der Waals surface area contributed by atoms with Crippen molar-refractivity contribution in [2.75, 3.05) is 6.61 Å². The maximum atomic E-state index is 9.05. The summed E-state index contributed by atoms with van der Waals surface area (Å²) in [6.45, 7) is 0.438. The second-order valence-corrected chi connectivity index (χ2v) is 4.42. The van der Waals surface area contributed by atoms with Crippen LogP contribution >= 0.6 is 0 Å². The topological polar surface area (TPSA) is 20.2 Å². The number of fused-ring (bicyclic) bond motifs is 2. The van der Waals surface area contributed by atoms with Gasteiger partial charge in [0, 0.05) is 6.61 Å². The molecule has 0 unspecified atom stereocenters. The molecule has 2 fully saturated rings. The predicted molar refractivity (Wildman–Crippen MR) is 45.3 cm³/mol. The molecule has 0 radical (unpaired) electrons. The van der Waals surface area contributed by atoms with Crippen molar-refractivity contribution in [3.63, 3.8) is 0 Å². The molecule has 0 spiro atoms. The van der Waals surface area contributed by atoms with E-state index in [9.17, 15) is 0 Å². The van der Waals surface area contributed by atoms with Crippen molar-refractivity contribution in [3.05, 3.63) is 0 Å². The van der Waals surface area contributed by atoms with E-state index in [4.69, 9.17) is 5.11 Å². The molecule has 0 saturated heterocycles. The molecule has 1 N–H and O–H groups in total. The highest BCUT2D eigenvalue weighted by molar-refractivity contribution is 4.82. The molecular formula is C10H18O. The first-order valence-corrected chi connectivity index (χ1v) is 4.99. The summed E-state index contributed by atoms with van der Waals surface area (Å²) < 4.78 is 0. The van der Waals surface area contributed by atoms with Gasteiger partial charge in [0.15, 0.2) is 0 Å². The van der Waals surface area contributed by atoms with Gasteiger partial charge in [0.05, 0.1) is 0 Å². The SMILES string of the molecule is OCC1C[C@H]2CCC[C@H](C1)C2. The zero-order valence-electron chi connectivity index (χ0n) is 7.13. The van der Waals surface area contributed by atoms with E-state index in [1.807, 2.05) is 0 Å². The fourth-order valence-corrected chi connectivity index (χ4v) is 3.02. The number of hydrogen-bond acceptors (Lipinski definition) is 1. The summed E-state index contributed by atoms with van der Waals surface area (Å²) in [5.41, 5.74) is 0. The first-order valence-electron chi connectivity index (χ1n) is 4.99. The summed E-state index contributed by atoms with van der Waals surface area (Å²) in [6, 6.07) is 0. The number of aliphatic hydroxyl groups excluding tert-OH is 1. The smallest absolute Gasteiger partial charge is 0.0459 e. The van der Waals surface area contributed by atoms with Crippen molar-refractivity contribution < 1.29 is 5.11 Å². The molecule has 2 saturated carbocycles. The van der Waals surface area contributed by atoms with E-state index >= 15 is 0 Å². The fraction of sp³-hybridized carbons (Fsp3) is 1.00. The van der Waals surface area contributed by atoms with Crippen LogP contribution in [0.5, 0.6) is 0 Å². The van der Waals surface area contributed by atoms with Gasteiger partial charge in [-0.15, -0.1) is 0 Å². The molecule has 0 aliphatic heterocycles. The molecule has 2 aliphatic rings. The molecule has 2 aliphatic carbocycles. The lowest BCUT2D eigenvalue weighted by molar-refractivity contribution is 0.0929. The molecule has 0 aromatic heterocycles. The van der Waals surface area contributed by atoms with E-state index in [1.54, 1.807) is 0 Å². The summed E-state index contributed by atoms with van der Waals surface area (Å²) in [6.07, 6.45) is 8.42. The van der Waals surface area contributed by atoms with Gasteiger partial charge in [-0.05, 0) is 37.0 Å². The fourth-order valence-electron chi connectivity index (χ4n) is 3.02. The van der Waals surface area contributed by atoms with E-state index in [0.717, 1.165) is 11.8 Å². The minimum absolute atomic E-state index is 0.438. The van der Waals surface area contributed by atoms with Gasteiger partial charge >= 0.3 is 0 Å². The molecule has 11 heavy (non-hydrogen) atoms. The average Bonchev–Trinajstić information content (AvgIpc) is 2.03. The van der Waals surface area contributed by atoms with E-state index in [0.29, 0.717) is 12.5 Å². The molecule has 64 valence electrons. The van der Waals surface area contributed by atoms with Crippen LogP contribution in [0.4, 0.5) is 0 Å². The highest BCUT2D eigenvalue weighted by Crippen LogP contribution is 2.42. The quantitative estimate of drug-likeness (QED) is 0.614. The van der Waals surface area contributed by atoms with Crippen LogP contribution in [0, 0.1) is 17.8 Å². The second kappa shape index (κ2) is 3.14. The van der Waals surface area contributed by atoms with Gasteiger partial charge in [0.25, 0.3) is 0 Å². The third-order valence-electron chi connectivity index (χ3n) is 3.48. The highest BCUT2D eigenvalue weighted by atomic mass is 16.3. The molecule has 0 heterocycles. The molecule has 2 rings (SSSR count). The third-order valence-corrected chi connectivity index (χ3v) is 3.48. The Morgan fingerprint density at radius 3 is 2.18 bits per heavy atom. The van der Waals surface area contributed by atoms with Crippen molar-refractivity contribution in [1.29, 1.82) is 0 Å². The maximum Gasteiger partial charge on any atom is 0.0459 e. The Morgan fingerprint density at radius 1 is 1.00 bits per heavy atom. The predicted octanol–water partition coefficient (Wildman–Crippen LogP) is 2.20. The normalized spacial score (nSPS) is 43.9. The van der Waals surface area contributed by atoms with Gasteiger partial charge in [0.2, 0.25) is 0 Å². The Balaban J connectivity index is 1.94. The van der Waals surface area contributed by atoms with Crippen LogP contribution in [-0.2, 0) is 0 Å². The Hall–Kier alpha value is -0.0400. The lowest BCUT2D eigenvalue weighted by atomic mass is 9.68. The van der Waals surface area contributed by atoms with Crippen LogP contribution in [-0.4, -0.2) is 11.7 Å². The zero-order chi connectivity index (χ0) is 7.68. The minimum atomic E-state index is 0.438. The van der Waals surface area contributed by atoms with E-state index < -0.39 is 0 Å². The molecule has 2 bridgehead atoms. The molecule has 2 atom stereocenters. The Labute approximate surface area is 68.8 Å². The molecule has 1 nitrogen and oxygen atoms in total. The van der Waals surface area contributed by atoms with Crippen LogP contribution in [0.15, 0.2) is 0 Å². The van der Waals surface area contributed by atoms with Gasteiger partial charge in [-0.1, -0.05) is 19.3 Å². The summed E-state index contributed by atoms with van der Waals surface area (Å²) in [5.74, 6) is 2.60. The van der Waals surface area contributed by atoms with Gasteiger partial charge in [-0.3, -0.25) is 0 Å². The number of hydrogen-bond donors (Lipinski definition) is 1. The van der Waals surface area contributed by atoms with Gasteiger partial charge < -0.3 is 5.11 Å². The number of rotatable bonds is 1. The monoisotopic (exact) mass is 154 g/mol. The molecule has 1 heteroatoms. The zero-order valence-corrected chi connectivity index (χ0v) is 7.13. The lowest BCUT2D eigenvalue weighted by Gasteiger charge is -2.38. The van der Waals surface area contributed by atoms with E-state index in [2.05, 4.69) is 0 Å². The standard InChI is InChI=1S/C10H18O/c11-7-10-5-8-2-1-3-9(4-8)6-10/h8-11H,1-7H2/t8-,9-/m0/s1. The van der Waals surface area contributed by atoms with Crippen molar-refractivity contribution in [2.24, 2.45) is 17.8 Å². The van der Waals surface area contributed by atoms with Crippen molar-refractivity contribution in [3.8, 4) is 0 Å². The second-order valence-electron chi connectivity index (χ2n) is 4.42. The van der Waals surface area contributed by atoms with Crippen LogP contribution in [0.1, 0.15) is 38.5 Å². The molecular weight excluding hydrogens is 136 g/mol. The van der Waals surface area contributed by atoms with Crippen molar-refractivity contribution in [2.45, 2.75) is 38.5 Å². The Kier molecular flexibility index (Phi) is 2.17. The van der Waals surface area contributed by atoms with Gasteiger partial charge in [0.1, 0.15) is 0 Å². The van der Waals surface area contributed by atoms with E-state index in [1.165, 1.54) is 38.5 Å². The van der Waals surface area contributed by atoms with E-state index in [-0.39, 0.29) is 0 Å². The third kappa shape index (κ3) is 1.58. The van der Waals surface area contributed by atoms with Gasteiger partial charge in [-0.25, -0.2) is 0 Å². The van der Waals surface area contributed by atoms with Crippen LogP contribution in [0.2, 0.25) is 0 Å². The van der Waals surface area contributed by atoms with Crippen LogP contribution < -0.4 is 0 Å². The van der Waals surface area contributed by atoms with Crippen LogP contribution in [0.25, 0.3) is 0 Å². The first-order chi connectivity index (χ1) is 5.38. The molecule has 0 aromatic rings. The minimum Gasteiger partial charge on any atom is -0.396 e. The molecule has 0 aromatic carbocycles. The summed E-state index contributed by atoms with van der Waals surface area (Å²) in [4.78, 5) is 0. The average molecular weight is 154 g/mol. The first kappa shape index (κ1) is 7.60.